The zero-order valence-corrected chi connectivity index (χ0v) is 8.40. The van der Waals surface area contributed by atoms with E-state index in [1.54, 1.807) is 0 Å². The van der Waals surface area contributed by atoms with Gasteiger partial charge < -0.3 is 5.73 Å². The van der Waals surface area contributed by atoms with E-state index >= 15 is 0 Å². The standard InChI is InChI=1S/C9H14N4O2/c10-9-8(13(14)15)7(11-12-9)6-4-2-1-3-5-6/h6H,1-5H2,(H3,10,11,12). The van der Waals surface area contributed by atoms with E-state index in [-0.39, 0.29) is 17.4 Å². The van der Waals surface area contributed by atoms with Crippen molar-refractivity contribution >= 4 is 11.5 Å². The molecule has 82 valence electrons. The number of nitrogen functional groups attached to an aromatic ring is 1. The Labute approximate surface area is 87.0 Å². The van der Waals surface area contributed by atoms with Crippen LogP contribution in [-0.2, 0) is 0 Å². The molecular weight excluding hydrogens is 196 g/mol. The van der Waals surface area contributed by atoms with E-state index in [4.69, 9.17) is 5.73 Å². The summed E-state index contributed by atoms with van der Waals surface area (Å²) in [6.07, 6.45) is 5.44. The third-order valence-corrected chi connectivity index (χ3v) is 2.99. The van der Waals surface area contributed by atoms with Gasteiger partial charge in [0, 0.05) is 5.92 Å². The Kier molecular flexibility index (Phi) is 2.57. The van der Waals surface area contributed by atoms with Gasteiger partial charge in [0.25, 0.3) is 0 Å². The fourth-order valence-corrected chi connectivity index (χ4v) is 2.23. The van der Waals surface area contributed by atoms with Crippen molar-refractivity contribution in [3.8, 4) is 0 Å². The van der Waals surface area contributed by atoms with Crippen LogP contribution in [0, 0.1) is 10.1 Å². The van der Waals surface area contributed by atoms with Crippen LogP contribution in [0.3, 0.4) is 0 Å². The lowest BCUT2D eigenvalue weighted by Gasteiger charge is -2.19. The van der Waals surface area contributed by atoms with E-state index in [9.17, 15) is 10.1 Å². The summed E-state index contributed by atoms with van der Waals surface area (Å²) in [6.45, 7) is 0. The smallest absolute Gasteiger partial charge is 0.333 e. The average Bonchev–Trinajstić information content (AvgIpc) is 2.61. The second kappa shape index (κ2) is 3.88. The molecule has 0 spiro atoms. The van der Waals surface area contributed by atoms with Crippen LogP contribution in [0.25, 0.3) is 0 Å². The highest BCUT2D eigenvalue weighted by Crippen LogP contribution is 2.37. The number of nitrogens with zero attached hydrogens (tertiary/aromatic N) is 2. The summed E-state index contributed by atoms with van der Waals surface area (Å²) in [4.78, 5) is 10.4. The normalized spacial score (nSPS) is 17.9. The molecule has 1 aromatic heterocycles. The number of anilines is 1. The quantitative estimate of drug-likeness (QED) is 0.575. The number of hydrogen-bond donors (Lipinski definition) is 2. The zero-order valence-electron chi connectivity index (χ0n) is 8.40. The van der Waals surface area contributed by atoms with Crippen LogP contribution >= 0.6 is 0 Å². The largest absolute Gasteiger partial charge is 0.376 e. The van der Waals surface area contributed by atoms with E-state index in [0.29, 0.717) is 5.69 Å². The van der Waals surface area contributed by atoms with Gasteiger partial charge in [-0.15, -0.1) is 0 Å². The van der Waals surface area contributed by atoms with Gasteiger partial charge in [0.15, 0.2) is 0 Å². The fourth-order valence-electron chi connectivity index (χ4n) is 2.23. The monoisotopic (exact) mass is 210 g/mol. The molecule has 2 rings (SSSR count). The summed E-state index contributed by atoms with van der Waals surface area (Å²) in [5, 5.41) is 17.2. The number of nitro groups is 1. The second-order valence-corrected chi connectivity index (χ2v) is 3.96. The first-order valence-electron chi connectivity index (χ1n) is 5.18. The Morgan fingerprint density at radius 3 is 2.67 bits per heavy atom. The summed E-state index contributed by atoms with van der Waals surface area (Å²) in [7, 11) is 0. The molecule has 0 saturated heterocycles. The molecule has 1 fully saturated rings. The van der Waals surface area contributed by atoms with Gasteiger partial charge in [-0.05, 0) is 12.8 Å². The Morgan fingerprint density at radius 1 is 1.40 bits per heavy atom. The van der Waals surface area contributed by atoms with Crippen LogP contribution in [0.5, 0.6) is 0 Å². The van der Waals surface area contributed by atoms with Crippen molar-refractivity contribution in [3.63, 3.8) is 0 Å². The molecule has 6 heteroatoms. The van der Waals surface area contributed by atoms with E-state index in [0.717, 1.165) is 25.7 Å². The van der Waals surface area contributed by atoms with Crippen LogP contribution in [-0.4, -0.2) is 15.1 Å². The summed E-state index contributed by atoms with van der Waals surface area (Å²) in [6, 6.07) is 0. The van der Waals surface area contributed by atoms with Gasteiger partial charge >= 0.3 is 5.69 Å². The number of hydrogen-bond acceptors (Lipinski definition) is 4. The Bertz CT molecular complexity index is 368. The summed E-state index contributed by atoms with van der Waals surface area (Å²) < 4.78 is 0. The van der Waals surface area contributed by atoms with E-state index < -0.39 is 4.92 Å². The molecular formula is C9H14N4O2. The topological polar surface area (TPSA) is 97.8 Å². The molecule has 0 aromatic carbocycles. The first kappa shape index (κ1) is 9.95. The van der Waals surface area contributed by atoms with Crippen molar-refractivity contribution in [1.29, 1.82) is 0 Å². The SMILES string of the molecule is Nc1n[nH]c(C2CCCCC2)c1[N+](=O)[O-]. The minimum Gasteiger partial charge on any atom is -0.376 e. The van der Waals surface area contributed by atoms with Crippen molar-refractivity contribution in [2.75, 3.05) is 5.73 Å². The Hall–Kier alpha value is -1.59. The maximum absolute atomic E-state index is 10.8. The molecule has 3 N–H and O–H groups in total. The second-order valence-electron chi connectivity index (χ2n) is 3.96. The van der Waals surface area contributed by atoms with Crippen LogP contribution in [0.4, 0.5) is 11.5 Å². The Morgan fingerprint density at radius 2 is 2.07 bits per heavy atom. The highest BCUT2D eigenvalue weighted by atomic mass is 16.6. The molecule has 0 unspecified atom stereocenters. The lowest BCUT2D eigenvalue weighted by molar-refractivity contribution is -0.384. The van der Waals surface area contributed by atoms with E-state index in [1.165, 1.54) is 6.42 Å². The van der Waals surface area contributed by atoms with E-state index in [1.807, 2.05) is 0 Å². The van der Waals surface area contributed by atoms with Gasteiger partial charge in [0.1, 0.15) is 5.69 Å². The van der Waals surface area contributed by atoms with Crippen molar-refractivity contribution in [2.24, 2.45) is 0 Å². The highest BCUT2D eigenvalue weighted by Gasteiger charge is 2.29. The summed E-state index contributed by atoms with van der Waals surface area (Å²) in [5.74, 6) is 0.226. The summed E-state index contributed by atoms with van der Waals surface area (Å²) >= 11 is 0. The minimum absolute atomic E-state index is 0.000531. The predicted octanol–water partition coefficient (Wildman–Crippen LogP) is 1.95. The predicted molar refractivity (Wildman–Crippen MR) is 55.5 cm³/mol. The lowest BCUT2D eigenvalue weighted by Crippen LogP contribution is -2.07. The van der Waals surface area contributed by atoms with Crippen molar-refractivity contribution in [2.45, 2.75) is 38.0 Å². The lowest BCUT2D eigenvalue weighted by atomic mass is 9.86. The zero-order chi connectivity index (χ0) is 10.8. The molecule has 1 aliphatic carbocycles. The van der Waals surface area contributed by atoms with Gasteiger partial charge in [-0.2, -0.15) is 5.10 Å². The number of aromatic amines is 1. The number of nitrogens with one attached hydrogen (secondary N) is 1. The van der Waals surface area contributed by atoms with Gasteiger partial charge in [0.2, 0.25) is 5.82 Å². The third-order valence-electron chi connectivity index (χ3n) is 2.99. The number of H-pyrrole nitrogens is 1. The average molecular weight is 210 g/mol. The highest BCUT2D eigenvalue weighted by molar-refractivity contribution is 5.56. The number of aromatic nitrogens is 2. The maximum atomic E-state index is 10.8. The van der Waals surface area contributed by atoms with E-state index in [2.05, 4.69) is 10.2 Å². The van der Waals surface area contributed by atoms with Gasteiger partial charge in [-0.1, -0.05) is 19.3 Å². The number of rotatable bonds is 2. The molecule has 0 radical (unpaired) electrons. The van der Waals surface area contributed by atoms with Crippen molar-refractivity contribution in [3.05, 3.63) is 15.8 Å². The molecule has 15 heavy (non-hydrogen) atoms. The first-order valence-corrected chi connectivity index (χ1v) is 5.18. The first-order chi connectivity index (χ1) is 7.20. The third kappa shape index (κ3) is 1.79. The molecule has 0 bridgehead atoms. The van der Waals surface area contributed by atoms with Gasteiger partial charge in [0.05, 0.1) is 4.92 Å². The van der Waals surface area contributed by atoms with Gasteiger partial charge in [-0.25, -0.2) is 0 Å². The maximum Gasteiger partial charge on any atom is 0.333 e. The van der Waals surface area contributed by atoms with Crippen LogP contribution < -0.4 is 5.73 Å². The van der Waals surface area contributed by atoms with Crippen LogP contribution in [0.1, 0.15) is 43.7 Å². The Balaban J connectivity index is 2.30. The molecule has 0 aliphatic heterocycles. The molecule has 1 saturated carbocycles. The minimum atomic E-state index is -0.442. The molecule has 1 heterocycles. The molecule has 1 aliphatic rings. The fraction of sp³-hybridized carbons (Fsp3) is 0.667. The summed E-state index contributed by atoms with van der Waals surface area (Å²) in [5.41, 5.74) is 6.05. The van der Waals surface area contributed by atoms with Crippen molar-refractivity contribution < 1.29 is 4.92 Å². The van der Waals surface area contributed by atoms with Crippen molar-refractivity contribution in [1.82, 2.24) is 10.2 Å². The van der Waals surface area contributed by atoms with Crippen LogP contribution in [0.2, 0.25) is 0 Å². The molecule has 0 amide bonds. The molecule has 0 atom stereocenters. The number of nitrogens with two attached hydrogens (primary N) is 1. The molecule has 1 aromatic rings. The van der Waals surface area contributed by atoms with Crippen LogP contribution in [0.15, 0.2) is 0 Å². The molecule has 6 nitrogen and oxygen atoms in total. The van der Waals surface area contributed by atoms with Gasteiger partial charge in [-0.3, -0.25) is 15.2 Å².